The Morgan fingerprint density at radius 3 is 2.59 bits per heavy atom. The Hall–Kier alpha value is -1.81. The third-order valence-corrected chi connectivity index (χ3v) is 6.76. The van der Waals surface area contributed by atoms with Gasteiger partial charge in [-0.15, -0.1) is 0 Å². The van der Waals surface area contributed by atoms with Gasteiger partial charge in [-0.05, 0) is 26.7 Å². The number of piperidine rings is 1. The Kier molecular flexibility index (Phi) is 7.05. The molecule has 158 valence electrons. The lowest BCUT2D eigenvalue weighted by Crippen LogP contribution is -2.44. The Balaban J connectivity index is 1.61. The Bertz CT molecular complexity index is 906. The van der Waals surface area contributed by atoms with E-state index < -0.39 is 5.97 Å². The number of aliphatic hydroxyl groups excluding tert-OH is 1. The number of nitrogens with zero attached hydrogens (tertiary/aromatic N) is 2. The number of carbonyl (C=O) groups excluding carboxylic acids is 2. The number of aryl methyl sites for hydroxylation is 1. The van der Waals surface area contributed by atoms with Crippen LogP contribution in [-0.4, -0.2) is 52.7 Å². The summed E-state index contributed by atoms with van der Waals surface area (Å²) < 4.78 is 5.02. The zero-order valence-corrected chi connectivity index (χ0v) is 18.4. The molecule has 0 atom stereocenters. The standard InChI is InChI=1S/C18H22Cl2N4O4S/c1-3-28-17(27)15-11(8-25)23-18(29-15)24-6-4-10(5-7-24)22-16(26)14-13(20)12(19)9(2)21-14/h10,21,25H,3-8H2,1-2H3,(H,22,26). The molecule has 1 saturated heterocycles. The fourth-order valence-corrected chi connectivity index (χ4v) is 4.58. The first-order valence-electron chi connectivity index (χ1n) is 9.22. The molecule has 0 spiro atoms. The van der Waals surface area contributed by atoms with Crippen LogP contribution in [0, 0.1) is 6.92 Å². The summed E-state index contributed by atoms with van der Waals surface area (Å²) >= 11 is 13.4. The number of hydrogen-bond donors (Lipinski definition) is 3. The number of ether oxygens (including phenoxy) is 1. The molecule has 3 heterocycles. The van der Waals surface area contributed by atoms with Gasteiger partial charge < -0.3 is 25.0 Å². The van der Waals surface area contributed by atoms with Crippen LogP contribution in [0.5, 0.6) is 0 Å². The second-order valence-corrected chi connectivity index (χ2v) is 8.37. The van der Waals surface area contributed by atoms with E-state index in [0.29, 0.717) is 52.4 Å². The van der Waals surface area contributed by atoms with Gasteiger partial charge in [-0.3, -0.25) is 4.79 Å². The summed E-state index contributed by atoms with van der Waals surface area (Å²) in [7, 11) is 0. The van der Waals surface area contributed by atoms with Gasteiger partial charge in [-0.2, -0.15) is 0 Å². The molecule has 0 aliphatic carbocycles. The average Bonchev–Trinajstić information content (AvgIpc) is 3.26. The molecule has 0 unspecified atom stereocenters. The molecule has 0 radical (unpaired) electrons. The van der Waals surface area contributed by atoms with Crippen LogP contribution in [-0.2, 0) is 11.3 Å². The lowest BCUT2D eigenvalue weighted by atomic mass is 10.1. The molecule has 3 rings (SSSR count). The van der Waals surface area contributed by atoms with Crippen LogP contribution in [0.25, 0.3) is 0 Å². The minimum Gasteiger partial charge on any atom is -0.462 e. The molecule has 0 aromatic carbocycles. The highest BCUT2D eigenvalue weighted by Gasteiger charge is 2.27. The van der Waals surface area contributed by atoms with Gasteiger partial charge in [0.2, 0.25) is 0 Å². The number of aromatic amines is 1. The van der Waals surface area contributed by atoms with Gasteiger partial charge in [0.1, 0.15) is 10.6 Å². The molecule has 8 nitrogen and oxygen atoms in total. The van der Waals surface area contributed by atoms with Crippen molar-refractivity contribution in [2.24, 2.45) is 0 Å². The Morgan fingerprint density at radius 2 is 2.03 bits per heavy atom. The molecule has 11 heteroatoms. The molecule has 29 heavy (non-hydrogen) atoms. The van der Waals surface area contributed by atoms with E-state index in [1.807, 2.05) is 4.90 Å². The minimum absolute atomic E-state index is 0.0148. The maximum Gasteiger partial charge on any atom is 0.350 e. The largest absolute Gasteiger partial charge is 0.462 e. The lowest BCUT2D eigenvalue weighted by molar-refractivity contribution is 0.0528. The predicted molar refractivity (Wildman–Crippen MR) is 112 cm³/mol. The highest BCUT2D eigenvalue weighted by Crippen LogP contribution is 2.31. The number of nitrogens with one attached hydrogen (secondary N) is 2. The van der Waals surface area contributed by atoms with Crippen molar-refractivity contribution in [3.63, 3.8) is 0 Å². The van der Waals surface area contributed by atoms with E-state index in [0.717, 1.165) is 0 Å². The first-order chi connectivity index (χ1) is 13.8. The second kappa shape index (κ2) is 9.34. The number of H-pyrrole nitrogens is 1. The average molecular weight is 461 g/mol. The summed E-state index contributed by atoms with van der Waals surface area (Å²) in [6.45, 7) is 4.73. The third-order valence-electron chi connectivity index (χ3n) is 4.68. The summed E-state index contributed by atoms with van der Waals surface area (Å²) in [5.74, 6) is -0.760. The van der Waals surface area contributed by atoms with Crippen molar-refractivity contribution in [1.82, 2.24) is 15.3 Å². The van der Waals surface area contributed by atoms with Gasteiger partial charge in [0.15, 0.2) is 5.13 Å². The van der Waals surface area contributed by atoms with Crippen molar-refractivity contribution < 1.29 is 19.4 Å². The third kappa shape index (κ3) is 4.69. The summed E-state index contributed by atoms with van der Waals surface area (Å²) in [6, 6.07) is -0.0148. The van der Waals surface area contributed by atoms with Gasteiger partial charge in [0, 0.05) is 24.8 Å². The first-order valence-corrected chi connectivity index (χ1v) is 10.8. The van der Waals surface area contributed by atoms with E-state index in [9.17, 15) is 14.7 Å². The molecule has 0 bridgehead atoms. The molecular weight excluding hydrogens is 439 g/mol. The summed E-state index contributed by atoms with van der Waals surface area (Å²) in [4.78, 5) is 34.2. The van der Waals surface area contributed by atoms with Crippen LogP contribution in [0.2, 0.25) is 10.0 Å². The number of halogens is 2. The normalized spacial score (nSPS) is 14.9. The quantitative estimate of drug-likeness (QED) is 0.571. The van der Waals surface area contributed by atoms with E-state index in [1.165, 1.54) is 11.3 Å². The smallest absolute Gasteiger partial charge is 0.350 e. The highest BCUT2D eigenvalue weighted by atomic mass is 35.5. The van der Waals surface area contributed by atoms with Gasteiger partial charge >= 0.3 is 5.97 Å². The van der Waals surface area contributed by atoms with Crippen LogP contribution >= 0.6 is 34.5 Å². The zero-order chi connectivity index (χ0) is 21.1. The topological polar surface area (TPSA) is 108 Å². The minimum atomic E-state index is -0.473. The van der Waals surface area contributed by atoms with Crippen LogP contribution in [0.3, 0.4) is 0 Å². The zero-order valence-electron chi connectivity index (χ0n) is 16.1. The van der Waals surface area contributed by atoms with Crippen molar-refractivity contribution in [2.45, 2.75) is 39.3 Å². The van der Waals surface area contributed by atoms with Crippen molar-refractivity contribution in [3.8, 4) is 0 Å². The Labute approximate surface area is 182 Å². The van der Waals surface area contributed by atoms with Crippen molar-refractivity contribution in [2.75, 3.05) is 24.6 Å². The molecule has 2 aromatic rings. The molecule has 1 aliphatic heterocycles. The number of anilines is 1. The fraction of sp³-hybridized carbons (Fsp3) is 0.500. The van der Waals surface area contributed by atoms with Crippen LogP contribution in [0.4, 0.5) is 5.13 Å². The van der Waals surface area contributed by atoms with E-state index in [4.69, 9.17) is 27.9 Å². The van der Waals surface area contributed by atoms with Crippen LogP contribution < -0.4 is 10.2 Å². The number of hydrogen-bond acceptors (Lipinski definition) is 7. The second-order valence-electron chi connectivity index (χ2n) is 6.64. The predicted octanol–water partition coefficient (Wildman–Crippen LogP) is 3.15. The molecule has 1 aliphatic rings. The van der Waals surface area contributed by atoms with E-state index >= 15 is 0 Å². The van der Waals surface area contributed by atoms with E-state index in [2.05, 4.69) is 15.3 Å². The highest BCUT2D eigenvalue weighted by molar-refractivity contribution is 7.17. The van der Waals surface area contributed by atoms with E-state index in [1.54, 1.807) is 13.8 Å². The molecule has 0 saturated carbocycles. The maximum atomic E-state index is 12.5. The first kappa shape index (κ1) is 21.9. The van der Waals surface area contributed by atoms with Crippen LogP contribution in [0.1, 0.15) is 51.3 Å². The van der Waals surface area contributed by atoms with Gasteiger partial charge in [-0.1, -0.05) is 34.5 Å². The molecule has 2 aromatic heterocycles. The number of thiazole rings is 1. The number of amides is 1. The number of rotatable bonds is 6. The van der Waals surface area contributed by atoms with Gasteiger partial charge in [0.05, 0.1) is 29.0 Å². The van der Waals surface area contributed by atoms with Gasteiger partial charge in [-0.25, -0.2) is 9.78 Å². The van der Waals surface area contributed by atoms with Gasteiger partial charge in [0.25, 0.3) is 5.91 Å². The van der Waals surface area contributed by atoms with Crippen molar-refractivity contribution in [1.29, 1.82) is 0 Å². The monoisotopic (exact) mass is 460 g/mol. The van der Waals surface area contributed by atoms with Crippen LogP contribution in [0.15, 0.2) is 0 Å². The summed E-state index contributed by atoms with van der Waals surface area (Å²) in [5, 5.41) is 13.7. The maximum absolute atomic E-state index is 12.5. The fourth-order valence-electron chi connectivity index (χ4n) is 3.14. The molecule has 1 fully saturated rings. The number of esters is 1. The van der Waals surface area contributed by atoms with Crippen molar-refractivity contribution >= 4 is 51.5 Å². The summed E-state index contributed by atoms with van der Waals surface area (Å²) in [5.41, 5.74) is 1.24. The molecule has 1 amide bonds. The number of aromatic nitrogens is 2. The SMILES string of the molecule is CCOC(=O)c1sc(N2CCC(NC(=O)c3[nH]c(C)c(Cl)c3Cl)CC2)nc1CO. The molecular formula is C18H22Cl2N4O4S. The van der Waals surface area contributed by atoms with Crippen molar-refractivity contribution in [3.05, 3.63) is 32.0 Å². The van der Waals surface area contributed by atoms with E-state index in [-0.39, 0.29) is 35.9 Å². The Morgan fingerprint density at radius 1 is 1.34 bits per heavy atom. The molecule has 3 N–H and O–H groups in total. The number of aliphatic hydroxyl groups is 1. The number of carbonyl (C=O) groups is 2. The lowest BCUT2D eigenvalue weighted by Gasteiger charge is -2.32. The summed E-state index contributed by atoms with van der Waals surface area (Å²) in [6.07, 6.45) is 1.42.